The van der Waals surface area contributed by atoms with Crippen molar-refractivity contribution < 1.29 is 14.3 Å². The third-order valence-electron chi connectivity index (χ3n) is 6.41. The van der Waals surface area contributed by atoms with Gasteiger partial charge in [0.1, 0.15) is 28.6 Å². The number of nitrogens with two attached hydrogens (primary N) is 1. The van der Waals surface area contributed by atoms with E-state index in [4.69, 9.17) is 15.6 Å². The summed E-state index contributed by atoms with van der Waals surface area (Å²) in [5, 5.41) is 7.44. The first-order valence-electron chi connectivity index (χ1n) is 11.8. The van der Waals surface area contributed by atoms with E-state index in [2.05, 4.69) is 11.9 Å². The molecule has 182 valence electrons. The highest BCUT2D eigenvalue weighted by atomic mass is 16.5. The first kappa shape index (κ1) is 24.1. The quantitative estimate of drug-likeness (QED) is 0.452. The largest absolute Gasteiger partial charge is 0.457 e. The smallest absolute Gasteiger partial charge is 0.257 e. The summed E-state index contributed by atoms with van der Waals surface area (Å²) in [6.45, 7) is 6.86. The maximum atomic E-state index is 12.7. The molecule has 2 aromatic carbocycles. The fourth-order valence-electron chi connectivity index (χ4n) is 4.45. The summed E-state index contributed by atoms with van der Waals surface area (Å²) < 4.78 is 7.64. The molecule has 0 bridgehead atoms. The molecule has 0 atom stereocenters. The van der Waals surface area contributed by atoms with Crippen LogP contribution in [0.15, 0.2) is 67.3 Å². The van der Waals surface area contributed by atoms with Crippen molar-refractivity contribution in [3.8, 4) is 22.8 Å². The number of carbonyl (C=O) groups excluding carboxylic acids is 2. The molecule has 1 aliphatic rings. The van der Waals surface area contributed by atoms with Crippen LogP contribution in [0.25, 0.3) is 11.3 Å². The van der Waals surface area contributed by atoms with Crippen LogP contribution in [0.4, 0.5) is 5.82 Å². The monoisotopic (exact) mass is 473 g/mol. The lowest BCUT2D eigenvalue weighted by Gasteiger charge is -2.38. The molecule has 0 spiro atoms. The van der Waals surface area contributed by atoms with E-state index in [1.165, 1.54) is 6.08 Å². The fourth-order valence-corrected chi connectivity index (χ4v) is 4.45. The number of ether oxygens (including phenoxy) is 1. The molecule has 8 heteroatoms. The molecule has 1 heterocycles. The molecule has 35 heavy (non-hydrogen) atoms. The van der Waals surface area contributed by atoms with Gasteiger partial charge in [-0.25, -0.2) is 4.68 Å². The fraction of sp³-hybridized carbons (Fsp3) is 0.296. The Hall–Kier alpha value is -4.07. The van der Waals surface area contributed by atoms with E-state index in [0.29, 0.717) is 41.8 Å². The summed E-state index contributed by atoms with van der Waals surface area (Å²) >= 11 is 0. The number of nitrogen functional groups attached to an aromatic ring is 1. The lowest BCUT2D eigenvalue weighted by Crippen LogP contribution is -2.40. The first-order chi connectivity index (χ1) is 16.9. The van der Waals surface area contributed by atoms with E-state index in [-0.39, 0.29) is 17.9 Å². The van der Waals surface area contributed by atoms with Gasteiger partial charge in [0, 0.05) is 25.7 Å². The van der Waals surface area contributed by atoms with Crippen LogP contribution in [0.3, 0.4) is 0 Å². The number of hydrogen-bond donors (Lipinski definition) is 2. The summed E-state index contributed by atoms with van der Waals surface area (Å²) in [7, 11) is 1.58. The number of para-hydroxylation sites is 1. The molecule has 3 N–H and O–H groups in total. The summed E-state index contributed by atoms with van der Waals surface area (Å²) in [6, 6.07) is 17.1. The van der Waals surface area contributed by atoms with Gasteiger partial charge in [-0.3, -0.25) is 9.59 Å². The van der Waals surface area contributed by atoms with Gasteiger partial charge >= 0.3 is 0 Å². The summed E-state index contributed by atoms with van der Waals surface area (Å²) in [5.74, 6) is 1.80. The minimum atomic E-state index is -0.280. The highest BCUT2D eigenvalue weighted by molar-refractivity contribution is 6.04. The minimum Gasteiger partial charge on any atom is -0.457 e. The van der Waals surface area contributed by atoms with Crippen molar-refractivity contribution in [2.75, 3.05) is 25.9 Å². The normalized spacial score (nSPS) is 16.7. The van der Waals surface area contributed by atoms with E-state index in [0.717, 1.165) is 24.2 Å². The van der Waals surface area contributed by atoms with Crippen molar-refractivity contribution >= 4 is 17.6 Å². The van der Waals surface area contributed by atoms with Crippen LogP contribution in [-0.4, -0.2) is 46.6 Å². The number of amides is 2. The average Bonchev–Trinajstić information content (AvgIpc) is 3.20. The molecule has 1 saturated carbocycles. The summed E-state index contributed by atoms with van der Waals surface area (Å²) in [6.07, 6.45) is 3.02. The van der Waals surface area contributed by atoms with Gasteiger partial charge in [-0.15, -0.1) is 0 Å². The zero-order chi connectivity index (χ0) is 24.9. The number of hydrogen-bond acceptors (Lipinski definition) is 5. The molecule has 0 unspecified atom stereocenters. The number of nitrogens with one attached hydrogen (secondary N) is 1. The Morgan fingerprint density at radius 2 is 1.83 bits per heavy atom. The van der Waals surface area contributed by atoms with E-state index in [1.54, 1.807) is 16.6 Å². The molecule has 1 aliphatic carbocycles. The van der Waals surface area contributed by atoms with Crippen LogP contribution in [0.2, 0.25) is 0 Å². The van der Waals surface area contributed by atoms with Crippen LogP contribution < -0.4 is 15.8 Å². The van der Waals surface area contributed by atoms with Gasteiger partial charge in [0.2, 0.25) is 5.91 Å². The number of likely N-dealkylation sites (N-methyl/N-ethyl adjacent to an activating group) is 1. The van der Waals surface area contributed by atoms with Gasteiger partial charge in [-0.1, -0.05) is 24.8 Å². The van der Waals surface area contributed by atoms with Crippen LogP contribution in [0.5, 0.6) is 11.5 Å². The van der Waals surface area contributed by atoms with Crippen molar-refractivity contribution in [1.82, 2.24) is 20.0 Å². The van der Waals surface area contributed by atoms with Gasteiger partial charge in [0.15, 0.2) is 0 Å². The zero-order valence-corrected chi connectivity index (χ0v) is 20.1. The molecular weight excluding hydrogens is 442 g/mol. The molecule has 2 amide bonds. The van der Waals surface area contributed by atoms with Crippen LogP contribution in [0, 0.1) is 5.92 Å². The molecule has 1 aromatic heterocycles. The standard InChI is InChI=1S/C27H31N5O3/c1-4-23(33)31(5-2)17-18-15-20(16-18)32-26(28)24(27(34)29-3)25(30-32)19-11-13-22(14-12-19)35-21-9-7-6-8-10-21/h4,6-14,18,20H,1,5,15-17,28H2,2-3H3,(H,29,34). The predicted octanol–water partition coefficient (Wildman–Crippen LogP) is 4.27. The van der Waals surface area contributed by atoms with E-state index >= 15 is 0 Å². The highest BCUT2D eigenvalue weighted by Crippen LogP contribution is 2.41. The van der Waals surface area contributed by atoms with Crippen LogP contribution in [0.1, 0.15) is 36.2 Å². The number of rotatable bonds is 9. The minimum absolute atomic E-state index is 0.0570. The van der Waals surface area contributed by atoms with Crippen LogP contribution in [-0.2, 0) is 4.79 Å². The number of anilines is 1. The zero-order valence-electron chi connectivity index (χ0n) is 20.1. The molecule has 8 nitrogen and oxygen atoms in total. The molecule has 0 radical (unpaired) electrons. The van der Waals surface area contributed by atoms with Crippen molar-refractivity contribution in [3.05, 3.63) is 72.8 Å². The van der Waals surface area contributed by atoms with E-state index in [9.17, 15) is 9.59 Å². The number of benzene rings is 2. The molecule has 1 fully saturated rings. The molecule has 3 aromatic rings. The molecular formula is C27H31N5O3. The van der Waals surface area contributed by atoms with E-state index < -0.39 is 0 Å². The lowest BCUT2D eigenvalue weighted by molar-refractivity contribution is -0.127. The topological polar surface area (TPSA) is 102 Å². The second-order valence-corrected chi connectivity index (χ2v) is 8.64. The van der Waals surface area contributed by atoms with Gasteiger partial charge in [0.05, 0.1) is 6.04 Å². The lowest BCUT2D eigenvalue weighted by atomic mass is 9.80. The maximum absolute atomic E-state index is 12.7. The van der Waals surface area contributed by atoms with E-state index in [1.807, 2.05) is 61.5 Å². The Morgan fingerprint density at radius 1 is 1.17 bits per heavy atom. The Kier molecular flexibility index (Phi) is 7.19. The number of aromatic nitrogens is 2. The van der Waals surface area contributed by atoms with Gasteiger partial charge < -0.3 is 20.7 Å². The second kappa shape index (κ2) is 10.5. The Bertz CT molecular complexity index is 1200. The Labute approximate surface area is 205 Å². The number of carbonyl (C=O) groups is 2. The molecule has 0 aliphatic heterocycles. The Morgan fingerprint density at radius 3 is 2.43 bits per heavy atom. The maximum Gasteiger partial charge on any atom is 0.257 e. The van der Waals surface area contributed by atoms with Gasteiger partial charge in [-0.05, 0) is 68.2 Å². The van der Waals surface area contributed by atoms with Crippen molar-refractivity contribution in [1.29, 1.82) is 0 Å². The molecule has 0 saturated heterocycles. The third kappa shape index (κ3) is 5.06. The first-order valence-corrected chi connectivity index (χ1v) is 11.8. The van der Waals surface area contributed by atoms with Crippen molar-refractivity contribution in [2.45, 2.75) is 25.8 Å². The predicted molar refractivity (Wildman–Crippen MR) is 136 cm³/mol. The highest BCUT2D eigenvalue weighted by Gasteiger charge is 2.36. The van der Waals surface area contributed by atoms with Crippen molar-refractivity contribution in [2.24, 2.45) is 5.92 Å². The third-order valence-corrected chi connectivity index (χ3v) is 6.41. The summed E-state index contributed by atoms with van der Waals surface area (Å²) in [5.41, 5.74) is 8.12. The average molecular weight is 474 g/mol. The SMILES string of the molecule is C=CC(=O)N(CC)CC1CC(n2nc(-c3ccc(Oc4ccccc4)cc3)c(C(=O)NC)c2N)C1. The van der Waals surface area contributed by atoms with Gasteiger partial charge in [0.25, 0.3) is 5.91 Å². The Balaban J connectivity index is 1.53. The van der Waals surface area contributed by atoms with Crippen molar-refractivity contribution in [3.63, 3.8) is 0 Å². The van der Waals surface area contributed by atoms with Gasteiger partial charge in [-0.2, -0.15) is 5.10 Å². The number of nitrogens with zero attached hydrogens (tertiary/aromatic N) is 3. The second-order valence-electron chi connectivity index (χ2n) is 8.64. The summed E-state index contributed by atoms with van der Waals surface area (Å²) in [4.78, 5) is 26.5. The molecule has 4 rings (SSSR count). The van der Waals surface area contributed by atoms with Crippen LogP contribution >= 0.6 is 0 Å².